The smallest absolute Gasteiger partial charge is 0.317 e. The van der Waals surface area contributed by atoms with Crippen LogP contribution in [0.5, 0.6) is 0 Å². The molecule has 0 amide bonds. The summed E-state index contributed by atoms with van der Waals surface area (Å²) in [6.07, 6.45) is 3.67. The number of aryl methyl sites for hydroxylation is 1. The molecule has 1 aromatic heterocycles. The van der Waals surface area contributed by atoms with Gasteiger partial charge in [-0.05, 0) is 29.7 Å². The van der Waals surface area contributed by atoms with Crippen LogP contribution in [0.2, 0.25) is 0 Å². The van der Waals surface area contributed by atoms with Crippen molar-refractivity contribution in [1.29, 1.82) is 0 Å². The van der Waals surface area contributed by atoms with Crippen LogP contribution >= 0.6 is 0 Å². The molecule has 1 aromatic carbocycles. The molecule has 0 bridgehead atoms. The average Bonchev–Trinajstić information content (AvgIpc) is 2.39. The molecule has 2 rings (SSSR count). The van der Waals surface area contributed by atoms with Crippen molar-refractivity contribution in [3.8, 4) is 11.1 Å². The first-order chi connectivity index (χ1) is 9.15. The molecule has 1 heterocycles. The Hall–Kier alpha value is -2.20. The maximum atomic E-state index is 10.4. The Morgan fingerprint density at radius 3 is 2.58 bits per heavy atom. The van der Waals surface area contributed by atoms with Crippen LogP contribution in [0.15, 0.2) is 42.7 Å². The third-order valence-electron chi connectivity index (χ3n) is 2.77. The van der Waals surface area contributed by atoms with Crippen molar-refractivity contribution in [3.05, 3.63) is 53.9 Å². The van der Waals surface area contributed by atoms with E-state index in [4.69, 9.17) is 5.11 Å². The molecule has 0 saturated heterocycles. The standard InChI is InChI=1S/C15H16N2O2/c1-11-6-14(9-16-7-11)13-4-2-12(3-5-13)8-17-10-15(18)19/h2-7,9,17H,8,10H2,1H3,(H,18,19). The van der Waals surface area contributed by atoms with E-state index in [-0.39, 0.29) is 6.54 Å². The summed E-state index contributed by atoms with van der Waals surface area (Å²) in [7, 11) is 0. The van der Waals surface area contributed by atoms with E-state index >= 15 is 0 Å². The Kier molecular flexibility index (Phi) is 4.26. The molecule has 0 aliphatic heterocycles. The Morgan fingerprint density at radius 2 is 1.95 bits per heavy atom. The van der Waals surface area contributed by atoms with Crippen LogP contribution in [0.1, 0.15) is 11.1 Å². The number of hydrogen-bond donors (Lipinski definition) is 2. The van der Waals surface area contributed by atoms with Crippen LogP contribution in [-0.4, -0.2) is 22.6 Å². The summed E-state index contributed by atoms with van der Waals surface area (Å²) >= 11 is 0. The number of hydrogen-bond acceptors (Lipinski definition) is 3. The van der Waals surface area contributed by atoms with E-state index in [9.17, 15) is 4.79 Å². The Morgan fingerprint density at radius 1 is 1.21 bits per heavy atom. The molecule has 0 aliphatic carbocycles. The normalized spacial score (nSPS) is 10.4. The summed E-state index contributed by atoms with van der Waals surface area (Å²) in [5.74, 6) is -0.845. The second-order valence-electron chi connectivity index (χ2n) is 4.45. The van der Waals surface area contributed by atoms with Gasteiger partial charge in [0.15, 0.2) is 0 Å². The highest BCUT2D eigenvalue weighted by atomic mass is 16.4. The molecule has 0 saturated carbocycles. The van der Waals surface area contributed by atoms with E-state index in [2.05, 4.69) is 16.4 Å². The lowest BCUT2D eigenvalue weighted by Gasteiger charge is -2.05. The molecular formula is C15H16N2O2. The van der Waals surface area contributed by atoms with E-state index in [1.54, 1.807) is 0 Å². The number of carbonyl (C=O) groups is 1. The van der Waals surface area contributed by atoms with Crippen molar-refractivity contribution in [1.82, 2.24) is 10.3 Å². The number of nitrogens with zero attached hydrogens (tertiary/aromatic N) is 1. The first kappa shape index (κ1) is 13.2. The molecule has 2 aromatic rings. The van der Waals surface area contributed by atoms with Gasteiger partial charge < -0.3 is 10.4 Å². The van der Waals surface area contributed by atoms with E-state index in [1.165, 1.54) is 0 Å². The first-order valence-electron chi connectivity index (χ1n) is 6.08. The van der Waals surface area contributed by atoms with Crippen LogP contribution in [-0.2, 0) is 11.3 Å². The number of nitrogens with one attached hydrogen (secondary N) is 1. The number of pyridine rings is 1. The Balaban J connectivity index is 2.04. The molecule has 0 atom stereocenters. The fraction of sp³-hybridized carbons (Fsp3) is 0.200. The van der Waals surface area contributed by atoms with Crippen molar-refractivity contribution in [2.24, 2.45) is 0 Å². The van der Waals surface area contributed by atoms with Gasteiger partial charge in [-0.2, -0.15) is 0 Å². The quantitative estimate of drug-likeness (QED) is 0.861. The van der Waals surface area contributed by atoms with Crippen LogP contribution in [0.3, 0.4) is 0 Å². The van der Waals surface area contributed by atoms with Gasteiger partial charge in [0.25, 0.3) is 0 Å². The van der Waals surface area contributed by atoms with Gasteiger partial charge in [-0.3, -0.25) is 9.78 Å². The SMILES string of the molecule is Cc1cncc(-c2ccc(CNCC(=O)O)cc2)c1. The van der Waals surface area contributed by atoms with Gasteiger partial charge in [0.2, 0.25) is 0 Å². The minimum Gasteiger partial charge on any atom is -0.480 e. The second kappa shape index (κ2) is 6.11. The molecule has 0 unspecified atom stereocenters. The van der Waals surface area contributed by atoms with Gasteiger partial charge in [0.05, 0.1) is 6.54 Å². The molecular weight excluding hydrogens is 240 g/mol. The van der Waals surface area contributed by atoms with Crippen LogP contribution in [0.25, 0.3) is 11.1 Å². The highest BCUT2D eigenvalue weighted by molar-refractivity contribution is 5.69. The van der Waals surface area contributed by atoms with E-state index in [1.807, 2.05) is 43.6 Å². The zero-order valence-electron chi connectivity index (χ0n) is 10.8. The molecule has 2 N–H and O–H groups in total. The van der Waals surface area contributed by atoms with Gasteiger partial charge in [-0.25, -0.2) is 0 Å². The summed E-state index contributed by atoms with van der Waals surface area (Å²) in [6, 6.07) is 10.1. The van der Waals surface area contributed by atoms with Crippen molar-refractivity contribution in [2.45, 2.75) is 13.5 Å². The van der Waals surface area contributed by atoms with Crippen molar-refractivity contribution in [2.75, 3.05) is 6.54 Å². The maximum absolute atomic E-state index is 10.4. The number of carboxylic acids is 1. The highest BCUT2D eigenvalue weighted by Gasteiger charge is 2.00. The summed E-state index contributed by atoms with van der Waals surface area (Å²) in [6.45, 7) is 2.54. The largest absolute Gasteiger partial charge is 0.480 e. The van der Waals surface area contributed by atoms with Crippen molar-refractivity contribution < 1.29 is 9.90 Å². The Bertz CT molecular complexity index is 565. The average molecular weight is 256 g/mol. The van der Waals surface area contributed by atoms with Gasteiger partial charge in [0, 0.05) is 24.5 Å². The monoisotopic (exact) mass is 256 g/mol. The molecule has 0 fully saturated rings. The Labute approximate surface area is 112 Å². The molecule has 4 nitrogen and oxygen atoms in total. The number of aliphatic carboxylic acids is 1. The predicted molar refractivity (Wildman–Crippen MR) is 73.8 cm³/mol. The van der Waals surface area contributed by atoms with Gasteiger partial charge >= 0.3 is 5.97 Å². The van der Waals surface area contributed by atoms with Crippen molar-refractivity contribution >= 4 is 5.97 Å². The van der Waals surface area contributed by atoms with E-state index in [0.717, 1.165) is 22.3 Å². The third kappa shape index (κ3) is 3.89. The van der Waals surface area contributed by atoms with E-state index in [0.29, 0.717) is 6.54 Å². The number of carboxylic acid groups (broad SMARTS) is 1. The summed E-state index contributed by atoms with van der Waals surface area (Å²) < 4.78 is 0. The van der Waals surface area contributed by atoms with Crippen molar-refractivity contribution in [3.63, 3.8) is 0 Å². The second-order valence-corrected chi connectivity index (χ2v) is 4.45. The van der Waals surface area contributed by atoms with Crippen LogP contribution < -0.4 is 5.32 Å². The zero-order chi connectivity index (χ0) is 13.7. The summed E-state index contributed by atoms with van der Waals surface area (Å²) in [4.78, 5) is 14.6. The fourth-order valence-electron chi connectivity index (χ4n) is 1.84. The first-order valence-corrected chi connectivity index (χ1v) is 6.08. The number of benzene rings is 1. The number of rotatable bonds is 5. The fourth-order valence-corrected chi connectivity index (χ4v) is 1.84. The van der Waals surface area contributed by atoms with Gasteiger partial charge in [0.1, 0.15) is 0 Å². The molecule has 98 valence electrons. The molecule has 4 heteroatoms. The van der Waals surface area contributed by atoms with Crippen LogP contribution in [0.4, 0.5) is 0 Å². The number of aromatic nitrogens is 1. The van der Waals surface area contributed by atoms with Gasteiger partial charge in [-0.1, -0.05) is 24.3 Å². The minimum atomic E-state index is -0.845. The molecule has 19 heavy (non-hydrogen) atoms. The van der Waals surface area contributed by atoms with Gasteiger partial charge in [-0.15, -0.1) is 0 Å². The lowest BCUT2D eigenvalue weighted by Crippen LogP contribution is -2.21. The minimum absolute atomic E-state index is 0.0243. The molecule has 0 radical (unpaired) electrons. The topological polar surface area (TPSA) is 62.2 Å². The lowest BCUT2D eigenvalue weighted by molar-refractivity contribution is -0.135. The summed E-state index contributed by atoms with van der Waals surface area (Å²) in [5.41, 5.74) is 4.39. The third-order valence-corrected chi connectivity index (χ3v) is 2.77. The zero-order valence-corrected chi connectivity index (χ0v) is 10.8. The van der Waals surface area contributed by atoms with E-state index < -0.39 is 5.97 Å². The summed E-state index contributed by atoms with van der Waals surface area (Å²) in [5, 5.41) is 11.4. The molecule has 0 spiro atoms. The van der Waals surface area contributed by atoms with Crippen LogP contribution in [0, 0.1) is 6.92 Å². The molecule has 0 aliphatic rings. The highest BCUT2D eigenvalue weighted by Crippen LogP contribution is 2.19. The predicted octanol–water partition coefficient (Wildman–Crippen LogP) is 2.23. The maximum Gasteiger partial charge on any atom is 0.317 e. The lowest BCUT2D eigenvalue weighted by atomic mass is 10.0.